The number of benzene rings is 2. The van der Waals surface area contributed by atoms with Crippen LogP contribution in [-0.4, -0.2) is 35.4 Å². The maximum Gasteiger partial charge on any atom is 0.150 e. The Morgan fingerprint density at radius 2 is 1.61 bits per heavy atom. The minimum atomic E-state index is 0.269. The number of carbonyl (C=O) groups is 1. The first-order valence-electron chi connectivity index (χ1n) is 14.1. The molecule has 0 amide bonds. The Balaban J connectivity index is 0.000000208. The number of anilines is 2. The third-order valence-corrected chi connectivity index (χ3v) is 7.62. The van der Waals surface area contributed by atoms with E-state index in [0.717, 1.165) is 46.4 Å². The van der Waals surface area contributed by atoms with Crippen LogP contribution in [0, 0.1) is 12.8 Å². The van der Waals surface area contributed by atoms with E-state index < -0.39 is 0 Å². The first-order chi connectivity index (χ1) is 18.4. The Bertz CT molecular complexity index is 1150. The molecule has 4 unspecified atom stereocenters. The molecule has 1 aliphatic carbocycles. The molecular weight excluding hydrogens is 470 g/mol. The van der Waals surface area contributed by atoms with Gasteiger partial charge in [-0.1, -0.05) is 63.1 Å². The number of nitrogens with zero attached hydrogens (tertiary/aromatic N) is 3. The number of nitrogens with two attached hydrogens (primary N) is 1. The van der Waals surface area contributed by atoms with E-state index in [0.29, 0.717) is 17.6 Å². The van der Waals surface area contributed by atoms with Crippen LogP contribution in [-0.2, 0) is 0 Å². The summed E-state index contributed by atoms with van der Waals surface area (Å²) in [5.74, 6) is 2.90. The molecule has 1 saturated carbocycles. The fraction of sp³-hybridized carbons (Fsp3) is 0.469. The summed E-state index contributed by atoms with van der Waals surface area (Å²) in [4.78, 5) is 22.4. The number of aromatic nitrogens is 2. The van der Waals surface area contributed by atoms with Crippen LogP contribution < -0.4 is 16.0 Å². The van der Waals surface area contributed by atoms with Crippen molar-refractivity contribution >= 4 is 17.8 Å². The minimum Gasteiger partial charge on any atom is -0.399 e. The smallest absolute Gasteiger partial charge is 0.150 e. The molecule has 0 radical (unpaired) electrons. The first kappa shape index (κ1) is 29.3. The molecule has 0 spiro atoms. The van der Waals surface area contributed by atoms with Gasteiger partial charge in [0.1, 0.15) is 17.9 Å². The summed E-state index contributed by atoms with van der Waals surface area (Å²) in [6.45, 7) is 10.5. The van der Waals surface area contributed by atoms with Crippen LogP contribution in [0.15, 0.2) is 54.6 Å². The molecule has 6 nitrogen and oxygen atoms in total. The van der Waals surface area contributed by atoms with Crippen molar-refractivity contribution in [2.75, 3.05) is 17.7 Å². The van der Waals surface area contributed by atoms with Crippen molar-refractivity contribution in [2.45, 2.75) is 84.8 Å². The van der Waals surface area contributed by atoms with Gasteiger partial charge < -0.3 is 16.0 Å². The molecule has 1 aromatic heterocycles. The van der Waals surface area contributed by atoms with E-state index in [1.54, 1.807) is 12.1 Å². The van der Waals surface area contributed by atoms with Gasteiger partial charge in [0.05, 0.1) is 5.69 Å². The molecule has 1 aliphatic heterocycles. The lowest BCUT2D eigenvalue weighted by molar-refractivity contribution is 0.112. The zero-order valence-corrected chi connectivity index (χ0v) is 23.9. The molecular formula is C32H45N5O. The Kier molecular flexibility index (Phi) is 10.8. The summed E-state index contributed by atoms with van der Waals surface area (Å²) in [7, 11) is 1.98. The first-order valence-corrected chi connectivity index (χ1v) is 14.1. The van der Waals surface area contributed by atoms with Gasteiger partial charge in [0.15, 0.2) is 0 Å². The lowest BCUT2D eigenvalue weighted by Crippen LogP contribution is -2.38. The van der Waals surface area contributed by atoms with Crippen molar-refractivity contribution in [2.24, 2.45) is 5.92 Å². The van der Waals surface area contributed by atoms with Crippen molar-refractivity contribution in [1.29, 1.82) is 0 Å². The second kappa shape index (κ2) is 14.1. The van der Waals surface area contributed by atoms with Crippen LogP contribution in [0.1, 0.15) is 87.7 Å². The third kappa shape index (κ3) is 7.19. The van der Waals surface area contributed by atoms with Crippen molar-refractivity contribution in [3.8, 4) is 11.1 Å². The zero-order valence-electron chi connectivity index (χ0n) is 23.9. The van der Waals surface area contributed by atoms with Gasteiger partial charge in [0.25, 0.3) is 0 Å². The molecule has 4 atom stereocenters. The van der Waals surface area contributed by atoms with Gasteiger partial charge >= 0.3 is 0 Å². The minimum absolute atomic E-state index is 0.269. The SMILES string of the molecule is CC.CNC(C)c1cc(N2C(C)CC3CCCCC32)nc(C)n1.Nc1ccc(-c2ccc(C=O)cc2)cc1. The van der Waals surface area contributed by atoms with Gasteiger partial charge in [-0.05, 0) is 76.3 Å². The molecule has 5 rings (SSSR count). The average molecular weight is 516 g/mol. The topological polar surface area (TPSA) is 84.1 Å². The third-order valence-electron chi connectivity index (χ3n) is 7.62. The highest BCUT2D eigenvalue weighted by Crippen LogP contribution is 2.41. The Morgan fingerprint density at radius 3 is 2.21 bits per heavy atom. The Hall–Kier alpha value is -3.25. The number of aldehydes is 1. The Morgan fingerprint density at radius 1 is 1.00 bits per heavy atom. The molecule has 1 saturated heterocycles. The van der Waals surface area contributed by atoms with Gasteiger partial charge in [0.2, 0.25) is 0 Å². The second-order valence-corrected chi connectivity index (χ2v) is 10.2. The Labute approximate surface area is 229 Å². The van der Waals surface area contributed by atoms with Gasteiger partial charge in [-0.15, -0.1) is 0 Å². The maximum absolute atomic E-state index is 10.5. The highest BCUT2D eigenvalue weighted by Gasteiger charge is 2.40. The normalized spacial score (nSPS) is 20.8. The number of nitrogens with one attached hydrogen (secondary N) is 1. The molecule has 3 aromatic rings. The standard InChI is InChI=1S/C17H28N4.C13H11NO.C2H6/c1-11-9-14-7-5-6-8-16(14)21(11)17-10-15(12(2)18-4)19-13(3)20-17;14-13-7-5-12(6-8-13)11-3-1-10(9-15)2-4-11;1-2/h10-12,14,16,18H,5-9H2,1-4H3;1-9H,14H2;1-2H3. The predicted octanol–water partition coefficient (Wildman–Crippen LogP) is 7.00. The van der Waals surface area contributed by atoms with E-state index in [2.05, 4.69) is 35.1 Å². The van der Waals surface area contributed by atoms with Crippen molar-refractivity contribution in [3.05, 3.63) is 71.7 Å². The fourth-order valence-corrected chi connectivity index (χ4v) is 5.61. The number of carbonyl (C=O) groups excluding carboxylic acids is 1. The number of hydrogen-bond acceptors (Lipinski definition) is 6. The molecule has 6 heteroatoms. The van der Waals surface area contributed by atoms with Crippen LogP contribution in [0.2, 0.25) is 0 Å². The summed E-state index contributed by atoms with van der Waals surface area (Å²) < 4.78 is 0. The number of rotatable bonds is 5. The number of hydrogen-bond donors (Lipinski definition) is 2. The van der Waals surface area contributed by atoms with E-state index in [9.17, 15) is 4.79 Å². The fourth-order valence-electron chi connectivity index (χ4n) is 5.61. The molecule has 2 fully saturated rings. The lowest BCUT2D eigenvalue weighted by Gasteiger charge is -2.34. The molecule has 2 aliphatic rings. The van der Waals surface area contributed by atoms with Crippen LogP contribution >= 0.6 is 0 Å². The van der Waals surface area contributed by atoms with E-state index in [1.807, 2.05) is 64.2 Å². The average Bonchev–Trinajstić information content (AvgIpc) is 3.30. The summed E-state index contributed by atoms with van der Waals surface area (Å²) in [5, 5.41) is 3.28. The van der Waals surface area contributed by atoms with Gasteiger partial charge in [0, 0.05) is 35.4 Å². The molecule has 2 heterocycles. The number of fused-ring (bicyclic) bond motifs is 1. The second-order valence-electron chi connectivity index (χ2n) is 10.2. The van der Waals surface area contributed by atoms with Crippen molar-refractivity contribution in [3.63, 3.8) is 0 Å². The van der Waals surface area contributed by atoms with Gasteiger partial charge in [-0.3, -0.25) is 4.79 Å². The van der Waals surface area contributed by atoms with Crippen LogP contribution in [0.5, 0.6) is 0 Å². The monoisotopic (exact) mass is 515 g/mol. The predicted molar refractivity (Wildman–Crippen MR) is 160 cm³/mol. The van der Waals surface area contributed by atoms with Gasteiger partial charge in [-0.2, -0.15) is 0 Å². The van der Waals surface area contributed by atoms with E-state index in [-0.39, 0.29) is 6.04 Å². The quantitative estimate of drug-likeness (QED) is 0.281. The van der Waals surface area contributed by atoms with Gasteiger partial charge in [-0.25, -0.2) is 9.97 Å². The molecule has 0 bridgehead atoms. The summed E-state index contributed by atoms with van der Waals surface area (Å²) >= 11 is 0. The van der Waals surface area contributed by atoms with Crippen LogP contribution in [0.3, 0.4) is 0 Å². The lowest BCUT2D eigenvalue weighted by atomic mass is 9.85. The largest absolute Gasteiger partial charge is 0.399 e. The van der Waals surface area contributed by atoms with E-state index in [4.69, 9.17) is 10.7 Å². The van der Waals surface area contributed by atoms with Crippen molar-refractivity contribution < 1.29 is 4.79 Å². The van der Waals surface area contributed by atoms with E-state index in [1.165, 1.54) is 32.1 Å². The zero-order chi connectivity index (χ0) is 27.7. The summed E-state index contributed by atoms with van der Waals surface area (Å²) in [5.41, 5.74) is 10.3. The van der Waals surface area contributed by atoms with Crippen molar-refractivity contribution in [1.82, 2.24) is 15.3 Å². The molecule has 3 N–H and O–H groups in total. The summed E-state index contributed by atoms with van der Waals surface area (Å²) in [6.07, 6.45) is 7.67. The highest BCUT2D eigenvalue weighted by molar-refractivity contribution is 5.77. The highest BCUT2D eigenvalue weighted by atomic mass is 16.1. The molecule has 204 valence electrons. The number of nitrogen functional groups attached to an aromatic ring is 1. The molecule has 38 heavy (non-hydrogen) atoms. The number of aryl methyl sites for hydroxylation is 1. The van der Waals surface area contributed by atoms with Crippen LogP contribution in [0.4, 0.5) is 11.5 Å². The van der Waals surface area contributed by atoms with Crippen LogP contribution in [0.25, 0.3) is 11.1 Å². The molecule has 2 aromatic carbocycles. The van der Waals surface area contributed by atoms with E-state index >= 15 is 0 Å². The summed E-state index contributed by atoms with van der Waals surface area (Å²) in [6, 6.07) is 18.9. The maximum atomic E-state index is 10.5.